The Bertz CT molecular complexity index is 2070. The number of benzene rings is 3. The van der Waals surface area contributed by atoms with Crippen LogP contribution >= 0.6 is 34.5 Å². The van der Waals surface area contributed by atoms with Gasteiger partial charge in [0.15, 0.2) is 5.82 Å². The molecule has 0 radical (unpaired) electrons. The summed E-state index contributed by atoms with van der Waals surface area (Å²) in [5, 5.41) is 7.11. The van der Waals surface area contributed by atoms with Crippen molar-refractivity contribution in [3.8, 4) is 11.5 Å². The number of H-pyrrole nitrogens is 1. The molecule has 1 aliphatic rings. The molecular weight excluding hydrogens is 621 g/mol. The van der Waals surface area contributed by atoms with E-state index in [1.165, 1.54) is 11.3 Å². The van der Waals surface area contributed by atoms with Crippen molar-refractivity contribution in [1.29, 1.82) is 0 Å². The first-order valence-electron chi connectivity index (χ1n) is 13.9. The van der Waals surface area contributed by atoms with E-state index in [4.69, 9.17) is 37.9 Å². The highest BCUT2D eigenvalue weighted by Gasteiger charge is 2.33. The molecule has 1 amide bonds. The zero-order valence-electron chi connectivity index (χ0n) is 23.4. The summed E-state index contributed by atoms with van der Waals surface area (Å²) in [6.07, 6.45) is 1.27. The molecule has 1 saturated heterocycles. The molecule has 0 saturated carbocycles. The molecule has 13 heteroatoms. The van der Waals surface area contributed by atoms with Crippen LogP contribution in [0.5, 0.6) is 0 Å². The monoisotopic (exact) mass is 645 g/mol. The van der Waals surface area contributed by atoms with Crippen LogP contribution in [0.1, 0.15) is 29.5 Å². The minimum Gasteiger partial charge on any atom is -0.445 e. The Morgan fingerprint density at radius 2 is 1.82 bits per heavy atom. The zero-order chi connectivity index (χ0) is 30.4. The highest BCUT2D eigenvalue weighted by Crippen LogP contribution is 2.37. The first-order chi connectivity index (χ1) is 21.4. The van der Waals surface area contributed by atoms with Crippen molar-refractivity contribution in [2.24, 2.45) is 7.05 Å². The van der Waals surface area contributed by atoms with E-state index in [9.17, 15) is 9.59 Å². The Balaban J connectivity index is 1.16. The van der Waals surface area contributed by atoms with Gasteiger partial charge in [-0.2, -0.15) is 0 Å². The van der Waals surface area contributed by atoms with Crippen molar-refractivity contribution in [2.75, 3.05) is 11.9 Å². The smallest absolute Gasteiger partial charge is 0.410 e. The molecule has 0 aliphatic carbocycles. The molecule has 1 unspecified atom stereocenters. The SMILES string of the molecule is Cn1c(Nc2c(Cl)cccc2Cl)nc2ccc3nc(-c4csc(C5CCCN5C(=O)OCc5ccccc5)n4)[nH]c(=O)c3c21. The minimum atomic E-state index is -0.365. The standard InChI is InChI=1S/C31H25Cl2N7O3S/c1-39-26-21(36-30(39)37-25-18(32)9-5-10-19(25)33)13-12-20-24(26)28(41)38-27(34-20)22-16-44-29(35-22)23-11-6-14-40(23)31(42)43-15-17-7-3-2-4-8-17/h2-5,7-10,12-13,16,23H,6,11,14-15H2,1H3,(H,36,37)(H,34,38,41). The number of hydrogen-bond donors (Lipinski definition) is 2. The van der Waals surface area contributed by atoms with Gasteiger partial charge in [-0.05, 0) is 42.7 Å². The van der Waals surface area contributed by atoms with Gasteiger partial charge < -0.3 is 19.6 Å². The van der Waals surface area contributed by atoms with E-state index in [0.717, 1.165) is 23.4 Å². The van der Waals surface area contributed by atoms with Crippen molar-refractivity contribution < 1.29 is 9.53 Å². The number of aryl methyl sites for hydroxylation is 1. The van der Waals surface area contributed by atoms with Crippen LogP contribution in [0.2, 0.25) is 10.0 Å². The van der Waals surface area contributed by atoms with E-state index < -0.39 is 0 Å². The van der Waals surface area contributed by atoms with Crippen LogP contribution in [0.3, 0.4) is 0 Å². The number of hydrogen-bond acceptors (Lipinski definition) is 8. The number of ether oxygens (including phenoxy) is 1. The van der Waals surface area contributed by atoms with Gasteiger partial charge in [-0.1, -0.05) is 59.6 Å². The van der Waals surface area contributed by atoms with Crippen molar-refractivity contribution in [3.05, 3.63) is 97.0 Å². The fraction of sp³-hybridized carbons (Fsp3) is 0.194. The second-order valence-corrected chi connectivity index (χ2v) is 12.1. The Kier molecular flexibility index (Phi) is 7.45. The number of aromatic amines is 1. The van der Waals surface area contributed by atoms with Gasteiger partial charge in [0.25, 0.3) is 5.56 Å². The number of para-hydroxylation sites is 1. The minimum absolute atomic E-state index is 0.198. The van der Waals surface area contributed by atoms with Crippen LogP contribution < -0.4 is 10.9 Å². The fourth-order valence-corrected chi connectivity index (χ4v) is 6.93. The van der Waals surface area contributed by atoms with E-state index >= 15 is 0 Å². The number of likely N-dealkylation sites (tertiary alicyclic amines) is 1. The molecule has 1 fully saturated rings. The fourth-order valence-electron chi connectivity index (χ4n) is 5.49. The maximum atomic E-state index is 13.5. The van der Waals surface area contributed by atoms with Crippen LogP contribution in [0.15, 0.2) is 70.8 Å². The average Bonchev–Trinajstić information content (AvgIpc) is 3.78. The number of anilines is 2. The number of nitrogens with one attached hydrogen (secondary N) is 2. The summed E-state index contributed by atoms with van der Waals surface area (Å²) in [6, 6.07) is 18.2. The number of imidazole rings is 1. The molecule has 3 aromatic carbocycles. The molecule has 0 bridgehead atoms. The van der Waals surface area contributed by atoms with Crippen LogP contribution in [0, 0.1) is 0 Å². The zero-order valence-corrected chi connectivity index (χ0v) is 25.7. The Morgan fingerprint density at radius 3 is 2.61 bits per heavy atom. The predicted octanol–water partition coefficient (Wildman–Crippen LogP) is 7.46. The van der Waals surface area contributed by atoms with Gasteiger partial charge in [-0.3, -0.25) is 9.69 Å². The number of thiazole rings is 1. The molecule has 2 N–H and O–H groups in total. The van der Waals surface area contributed by atoms with Gasteiger partial charge in [0.1, 0.15) is 17.3 Å². The highest BCUT2D eigenvalue weighted by molar-refractivity contribution is 7.10. The van der Waals surface area contributed by atoms with Gasteiger partial charge in [-0.25, -0.2) is 19.7 Å². The van der Waals surface area contributed by atoms with Crippen molar-refractivity contribution in [2.45, 2.75) is 25.5 Å². The Labute approximate surface area is 265 Å². The van der Waals surface area contributed by atoms with Crippen LogP contribution in [0.25, 0.3) is 33.5 Å². The largest absolute Gasteiger partial charge is 0.445 e. The lowest BCUT2D eigenvalue weighted by molar-refractivity contribution is 0.0920. The molecule has 3 aromatic heterocycles. The van der Waals surface area contributed by atoms with E-state index in [0.29, 0.717) is 61.7 Å². The molecule has 1 aliphatic heterocycles. The molecule has 7 rings (SSSR count). The summed E-state index contributed by atoms with van der Waals surface area (Å²) in [5.41, 5.74) is 3.41. The second kappa shape index (κ2) is 11.6. The molecular formula is C31H25Cl2N7O3S. The van der Waals surface area contributed by atoms with Crippen molar-refractivity contribution in [1.82, 2.24) is 29.4 Å². The molecule has 44 heavy (non-hydrogen) atoms. The van der Waals surface area contributed by atoms with E-state index in [1.807, 2.05) is 41.8 Å². The Hall–Kier alpha value is -4.45. The molecule has 10 nitrogen and oxygen atoms in total. The number of halogens is 2. The number of amides is 1. The normalized spacial score (nSPS) is 14.9. The number of rotatable bonds is 6. The highest BCUT2D eigenvalue weighted by atomic mass is 35.5. The Morgan fingerprint density at radius 1 is 1.05 bits per heavy atom. The second-order valence-electron chi connectivity index (χ2n) is 10.4. The lowest BCUT2D eigenvalue weighted by atomic mass is 10.2. The molecule has 4 heterocycles. The lowest BCUT2D eigenvalue weighted by Gasteiger charge is -2.22. The quantitative estimate of drug-likeness (QED) is 0.193. The molecule has 1 atom stereocenters. The summed E-state index contributed by atoms with van der Waals surface area (Å²) in [6.45, 7) is 0.808. The summed E-state index contributed by atoms with van der Waals surface area (Å²) >= 11 is 14.1. The number of nitrogens with zero attached hydrogens (tertiary/aromatic N) is 5. The maximum Gasteiger partial charge on any atom is 0.410 e. The van der Waals surface area contributed by atoms with Gasteiger partial charge in [0, 0.05) is 19.0 Å². The van der Waals surface area contributed by atoms with E-state index in [2.05, 4.69) is 15.3 Å². The summed E-state index contributed by atoms with van der Waals surface area (Å²) < 4.78 is 7.37. The van der Waals surface area contributed by atoms with Crippen LogP contribution in [-0.4, -0.2) is 42.0 Å². The van der Waals surface area contributed by atoms with Gasteiger partial charge in [0.2, 0.25) is 5.95 Å². The predicted molar refractivity (Wildman–Crippen MR) is 173 cm³/mol. The average molecular weight is 647 g/mol. The number of aromatic nitrogens is 5. The third kappa shape index (κ3) is 5.17. The maximum absolute atomic E-state index is 13.5. The molecule has 6 aromatic rings. The van der Waals surface area contributed by atoms with E-state index in [-0.39, 0.29) is 24.3 Å². The van der Waals surface area contributed by atoms with Gasteiger partial charge in [-0.15, -0.1) is 11.3 Å². The third-order valence-corrected chi connectivity index (χ3v) is 9.22. The number of fused-ring (bicyclic) bond motifs is 3. The first kappa shape index (κ1) is 28.3. The molecule has 222 valence electrons. The topological polar surface area (TPSA) is 118 Å². The summed E-state index contributed by atoms with van der Waals surface area (Å²) in [4.78, 5) is 45.3. The summed E-state index contributed by atoms with van der Waals surface area (Å²) in [7, 11) is 1.81. The van der Waals surface area contributed by atoms with Crippen molar-refractivity contribution in [3.63, 3.8) is 0 Å². The molecule has 0 spiro atoms. The number of carbonyl (C=O) groups excluding carboxylic acids is 1. The van der Waals surface area contributed by atoms with Crippen LogP contribution in [0.4, 0.5) is 16.4 Å². The first-order valence-corrected chi connectivity index (χ1v) is 15.5. The van der Waals surface area contributed by atoms with Gasteiger partial charge >= 0.3 is 6.09 Å². The van der Waals surface area contributed by atoms with E-state index in [1.54, 1.807) is 40.8 Å². The summed E-state index contributed by atoms with van der Waals surface area (Å²) in [5.74, 6) is 0.822. The van der Waals surface area contributed by atoms with Crippen molar-refractivity contribution >= 4 is 74.2 Å². The third-order valence-electron chi connectivity index (χ3n) is 7.65. The lowest BCUT2D eigenvalue weighted by Crippen LogP contribution is -2.31. The van der Waals surface area contributed by atoms with Gasteiger partial charge in [0.05, 0.1) is 43.7 Å². The number of carbonyl (C=O) groups is 1. The van der Waals surface area contributed by atoms with Crippen LogP contribution in [-0.2, 0) is 18.4 Å².